The molecular formula is C15H24N2O4. The Morgan fingerprint density at radius 2 is 2.10 bits per heavy atom. The topological polar surface area (TPSA) is 82.8 Å². The predicted molar refractivity (Wildman–Crippen MR) is 80.5 cm³/mol. The highest BCUT2D eigenvalue weighted by atomic mass is 16.5. The minimum atomic E-state index is -0.199. The molecule has 1 aromatic rings. The third-order valence-corrected chi connectivity index (χ3v) is 2.72. The lowest BCUT2D eigenvalue weighted by Crippen LogP contribution is -2.31. The zero-order valence-corrected chi connectivity index (χ0v) is 12.7. The first-order valence-electron chi connectivity index (χ1n) is 7.05. The number of ether oxygens (including phenoxy) is 3. The van der Waals surface area contributed by atoms with Crippen molar-refractivity contribution in [3.05, 3.63) is 23.8 Å². The highest BCUT2D eigenvalue weighted by Crippen LogP contribution is 2.24. The van der Waals surface area contributed by atoms with Gasteiger partial charge in [0.05, 0.1) is 13.2 Å². The molecular weight excluding hydrogens is 272 g/mol. The van der Waals surface area contributed by atoms with Crippen molar-refractivity contribution in [3.63, 3.8) is 0 Å². The summed E-state index contributed by atoms with van der Waals surface area (Å²) >= 11 is 0. The lowest BCUT2D eigenvalue weighted by atomic mass is 10.2. The number of benzene rings is 1. The van der Waals surface area contributed by atoms with Gasteiger partial charge in [-0.3, -0.25) is 4.79 Å². The lowest BCUT2D eigenvalue weighted by Gasteiger charge is -2.13. The summed E-state index contributed by atoms with van der Waals surface area (Å²) < 4.78 is 15.9. The highest BCUT2D eigenvalue weighted by Gasteiger charge is 2.08. The first kappa shape index (κ1) is 17.3. The van der Waals surface area contributed by atoms with Gasteiger partial charge in [0.15, 0.2) is 6.61 Å². The summed E-state index contributed by atoms with van der Waals surface area (Å²) in [6, 6.07) is 5.47. The number of amides is 1. The van der Waals surface area contributed by atoms with Crippen LogP contribution in [0, 0.1) is 0 Å². The zero-order chi connectivity index (χ0) is 15.5. The van der Waals surface area contributed by atoms with Crippen molar-refractivity contribution < 1.29 is 19.0 Å². The maximum Gasteiger partial charge on any atom is 0.258 e. The largest absolute Gasteiger partial charge is 0.493 e. The Bertz CT molecular complexity index is 438. The van der Waals surface area contributed by atoms with Gasteiger partial charge in [-0.25, -0.2) is 0 Å². The van der Waals surface area contributed by atoms with Crippen molar-refractivity contribution in [1.82, 2.24) is 5.32 Å². The van der Waals surface area contributed by atoms with Crippen molar-refractivity contribution in [1.29, 1.82) is 0 Å². The monoisotopic (exact) mass is 296 g/mol. The molecule has 6 heteroatoms. The van der Waals surface area contributed by atoms with E-state index in [0.29, 0.717) is 37.8 Å². The van der Waals surface area contributed by atoms with E-state index in [2.05, 4.69) is 5.32 Å². The molecule has 0 fully saturated rings. The first-order chi connectivity index (χ1) is 10.2. The number of nitrogens with one attached hydrogen (secondary N) is 1. The van der Waals surface area contributed by atoms with E-state index >= 15 is 0 Å². The second-order valence-electron chi connectivity index (χ2n) is 4.45. The van der Waals surface area contributed by atoms with Crippen molar-refractivity contribution in [3.8, 4) is 11.5 Å². The smallest absolute Gasteiger partial charge is 0.258 e. The number of carbonyl (C=O) groups excluding carboxylic acids is 1. The van der Waals surface area contributed by atoms with Gasteiger partial charge in [-0.1, -0.05) is 13.0 Å². The fourth-order valence-electron chi connectivity index (χ4n) is 1.63. The summed E-state index contributed by atoms with van der Waals surface area (Å²) in [5, 5.41) is 2.69. The van der Waals surface area contributed by atoms with Gasteiger partial charge in [-0.05, 0) is 12.5 Å². The number of hydrogen-bond acceptors (Lipinski definition) is 5. The van der Waals surface area contributed by atoms with Crippen LogP contribution < -0.4 is 20.5 Å². The summed E-state index contributed by atoms with van der Waals surface area (Å²) in [5.41, 5.74) is 6.50. The van der Waals surface area contributed by atoms with E-state index in [4.69, 9.17) is 19.9 Å². The summed E-state index contributed by atoms with van der Waals surface area (Å²) in [6.45, 7) is 3.89. The van der Waals surface area contributed by atoms with Crippen LogP contribution >= 0.6 is 0 Å². The van der Waals surface area contributed by atoms with Gasteiger partial charge in [0.2, 0.25) is 0 Å². The van der Waals surface area contributed by atoms with E-state index in [1.54, 1.807) is 13.2 Å². The molecule has 0 saturated carbocycles. The molecule has 0 aliphatic rings. The fourth-order valence-corrected chi connectivity index (χ4v) is 1.63. The van der Waals surface area contributed by atoms with Crippen LogP contribution in [0.2, 0.25) is 0 Å². The Balaban J connectivity index is 2.56. The Morgan fingerprint density at radius 1 is 1.29 bits per heavy atom. The number of nitrogens with two attached hydrogens (primary N) is 1. The van der Waals surface area contributed by atoms with E-state index in [1.165, 1.54) is 0 Å². The average Bonchev–Trinajstić information content (AvgIpc) is 2.51. The molecule has 0 saturated heterocycles. The van der Waals surface area contributed by atoms with Crippen molar-refractivity contribution in [2.45, 2.75) is 19.9 Å². The molecule has 0 aromatic heterocycles. The summed E-state index contributed by atoms with van der Waals surface area (Å²) in [6.07, 6.45) is 0.927. The van der Waals surface area contributed by atoms with Gasteiger partial charge in [-0.2, -0.15) is 0 Å². The molecule has 1 amide bonds. The molecule has 3 N–H and O–H groups in total. The van der Waals surface area contributed by atoms with Crippen LogP contribution in [0.15, 0.2) is 18.2 Å². The second-order valence-corrected chi connectivity index (χ2v) is 4.45. The highest BCUT2D eigenvalue weighted by molar-refractivity contribution is 5.77. The molecule has 1 rings (SSSR count). The molecule has 0 radical (unpaired) electrons. The summed E-state index contributed by atoms with van der Waals surface area (Å²) in [7, 11) is 1.58. The van der Waals surface area contributed by atoms with Gasteiger partial charge in [0.25, 0.3) is 5.91 Å². The van der Waals surface area contributed by atoms with Crippen LogP contribution in [0.5, 0.6) is 11.5 Å². The van der Waals surface area contributed by atoms with Crippen molar-refractivity contribution in [2.75, 3.05) is 33.5 Å². The molecule has 118 valence electrons. The molecule has 0 bridgehead atoms. The molecule has 0 heterocycles. The molecule has 1 aromatic carbocycles. The van der Waals surface area contributed by atoms with Crippen LogP contribution in [0.1, 0.15) is 18.9 Å². The number of hydrogen-bond donors (Lipinski definition) is 2. The van der Waals surface area contributed by atoms with Gasteiger partial charge < -0.3 is 25.3 Å². The predicted octanol–water partition coefficient (Wildman–Crippen LogP) is 1.08. The van der Waals surface area contributed by atoms with E-state index in [1.807, 2.05) is 19.1 Å². The van der Waals surface area contributed by atoms with E-state index in [-0.39, 0.29) is 12.5 Å². The third-order valence-electron chi connectivity index (χ3n) is 2.72. The lowest BCUT2D eigenvalue weighted by molar-refractivity contribution is -0.123. The van der Waals surface area contributed by atoms with Gasteiger partial charge in [-0.15, -0.1) is 0 Å². The van der Waals surface area contributed by atoms with Crippen LogP contribution in [-0.4, -0.2) is 39.4 Å². The minimum Gasteiger partial charge on any atom is -0.493 e. The molecule has 21 heavy (non-hydrogen) atoms. The van der Waals surface area contributed by atoms with Crippen LogP contribution in [-0.2, 0) is 16.1 Å². The third kappa shape index (κ3) is 6.46. The molecule has 0 atom stereocenters. The Morgan fingerprint density at radius 3 is 2.76 bits per heavy atom. The maximum absolute atomic E-state index is 11.6. The maximum atomic E-state index is 11.6. The van der Waals surface area contributed by atoms with Crippen LogP contribution in [0.4, 0.5) is 0 Å². The Kier molecular flexibility index (Phi) is 8.23. The molecule has 0 aliphatic heterocycles. The normalized spacial score (nSPS) is 10.2. The van der Waals surface area contributed by atoms with E-state index < -0.39 is 0 Å². The quantitative estimate of drug-likeness (QED) is 0.631. The van der Waals surface area contributed by atoms with Gasteiger partial charge >= 0.3 is 0 Å². The van der Waals surface area contributed by atoms with E-state index in [0.717, 1.165) is 12.0 Å². The average molecular weight is 296 g/mol. The summed E-state index contributed by atoms with van der Waals surface area (Å²) in [4.78, 5) is 11.6. The minimum absolute atomic E-state index is 0.0616. The standard InChI is InChI=1S/C15H24N2O4/c1-3-7-20-13-5-4-12(10-16)14(9-13)21-11-15(18)17-6-8-19-2/h4-5,9H,3,6-8,10-11,16H2,1-2H3,(H,17,18). The van der Waals surface area contributed by atoms with Crippen molar-refractivity contribution >= 4 is 5.91 Å². The van der Waals surface area contributed by atoms with Crippen molar-refractivity contribution in [2.24, 2.45) is 5.73 Å². The molecule has 0 aliphatic carbocycles. The molecule has 0 unspecified atom stereocenters. The van der Waals surface area contributed by atoms with Crippen LogP contribution in [0.3, 0.4) is 0 Å². The Labute approximate surface area is 125 Å². The fraction of sp³-hybridized carbons (Fsp3) is 0.533. The van der Waals surface area contributed by atoms with Gasteiger partial charge in [0, 0.05) is 31.8 Å². The number of rotatable bonds is 10. The molecule has 6 nitrogen and oxygen atoms in total. The van der Waals surface area contributed by atoms with Gasteiger partial charge in [0.1, 0.15) is 11.5 Å². The summed E-state index contributed by atoms with van der Waals surface area (Å²) in [5.74, 6) is 1.09. The first-order valence-corrected chi connectivity index (χ1v) is 7.05. The van der Waals surface area contributed by atoms with E-state index in [9.17, 15) is 4.79 Å². The number of carbonyl (C=O) groups is 1. The number of methoxy groups -OCH3 is 1. The molecule has 0 spiro atoms. The zero-order valence-electron chi connectivity index (χ0n) is 12.7. The SMILES string of the molecule is CCCOc1ccc(CN)c(OCC(=O)NCCOC)c1. The second kappa shape index (κ2) is 10.0. The Hall–Kier alpha value is -1.79. The van der Waals surface area contributed by atoms with Crippen LogP contribution in [0.25, 0.3) is 0 Å².